The van der Waals surface area contributed by atoms with E-state index in [2.05, 4.69) is 5.32 Å². The smallest absolute Gasteiger partial charge is 0.234 e. The minimum Gasteiger partial charge on any atom is -0.325 e. The first-order chi connectivity index (χ1) is 10.1. The molecule has 110 valence electrons. The second-order valence-electron chi connectivity index (χ2n) is 4.25. The van der Waals surface area contributed by atoms with E-state index in [1.54, 1.807) is 42.5 Å². The van der Waals surface area contributed by atoms with Crippen LogP contribution in [0.2, 0.25) is 15.1 Å². The lowest BCUT2D eigenvalue weighted by atomic mass is 10.2. The van der Waals surface area contributed by atoms with Gasteiger partial charge in [-0.2, -0.15) is 0 Å². The average molecular weight is 361 g/mol. The van der Waals surface area contributed by atoms with E-state index in [1.807, 2.05) is 0 Å². The van der Waals surface area contributed by atoms with E-state index in [0.29, 0.717) is 32.3 Å². The number of carbonyl (C=O) groups is 1. The maximum absolute atomic E-state index is 11.8. The molecule has 0 unspecified atom stereocenters. The highest BCUT2D eigenvalue weighted by Gasteiger charge is 2.08. The number of anilines is 1. The Labute approximate surface area is 142 Å². The highest BCUT2D eigenvalue weighted by Crippen LogP contribution is 2.28. The number of hydrogen-bond acceptors (Lipinski definition) is 2. The van der Waals surface area contributed by atoms with Crippen LogP contribution in [0, 0.1) is 0 Å². The second kappa shape index (κ2) is 7.95. The van der Waals surface area contributed by atoms with Crippen molar-refractivity contribution in [2.24, 2.45) is 0 Å². The summed E-state index contributed by atoms with van der Waals surface area (Å²) in [6, 6.07) is 12.4. The van der Waals surface area contributed by atoms with Crippen molar-refractivity contribution < 1.29 is 4.79 Å². The molecule has 0 aromatic heterocycles. The molecule has 0 aliphatic rings. The summed E-state index contributed by atoms with van der Waals surface area (Å²) < 4.78 is 0. The van der Waals surface area contributed by atoms with Crippen molar-refractivity contribution in [3.05, 3.63) is 63.1 Å². The topological polar surface area (TPSA) is 29.1 Å². The Kier molecular flexibility index (Phi) is 6.24. The van der Waals surface area contributed by atoms with Gasteiger partial charge in [-0.1, -0.05) is 46.9 Å². The van der Waals surface area contributed by atoms with Gasteiger partial charge in [0, 0.05) is 26.5 Å². The summed E-state index contributed by atoms with van der Waals surface area (Å²) in [6.45, 7) is 0. The van der Waals surface area contributed by atoms with Gasteiger partial charge in [-0.25, -0.2) is 0 Å². The number of amides is 1. The Bertz CT molecular complexity index is 628. The van der Waals surface area contributed by atoms with Gasteiger partial charge in [0.25, 0.3) is 0 Å². The van der Waals surface area contributed by atoms with Crippen LogP contribution in [-0.4, -0.2) is 11.7 Å². The van der Waals surface area contributed by atoms with Crippen molar-refractivity contribution in [1.82, 2.24) is 0 Å². The molecule has 21 heavy (non-hydrogen) atoms. The fourth-order valence-electron chi connectivity index (χ4n) is 1.68. The van der Waals surface area contributed by atoms with E-state index in [9.17, 15) is 4.79 Å². The molecule has 6 heteroatoms. The van der Waals surface area contributed by atoms with Crippen LogP contribution in [0.1, 0.15) is 5.56 Å². The first kappa shape index (κ1) is 16.5. The second-order valence-corrected chi connectivity index (χ2v) is 6.49. The quantitative estimate of drug-likeness (QED) is 0.760. The van der Waals surface area contributed by atoms with E-state index < -0.39 is 0 Å². The first-order valence-corrected chi connectivity index (χ1v) is 8.41. The minimum atomic E-state index is -0.0922. The molecular formula is C15H12Cl3NOS. The van der Waals surface area contributed by atoms with Crippen LogP contribution in [0.4, 0.5) is 5.69 Å². The van der Waals surface area contributed by atoms with E-state index in [-0.39, 0.29) is 5.91 Å². The van der Waals surface area contributed by atoms with Gasteiger partial charge in [0.1, 0.15) is 0 Å². The number of carbonyl (C=O) groups excluding carboxylic acids is 1. The maximum Gasteiger partial charge on any atom is 0.234 e. The van der Waals surface area contributed by atoms with Gasteiger partial charge in [-0.15, -0.1) is 11.8 Å². The van der Waals surface area contributed by atoms with Gasteiger partial charge in [0.15, 0.2) is 0 Å². The normalized spacial score (nSPS) is 10.4. The van der Waals surface area contributed by atoms with Crippen LogP contribution in [0.5, 0.6) is 0 Å². The molecule has 1 N–H and O–H groups in total. The highest BCUT2D eigenvalue weighted by atomic mass is 35.5. The van der Waals surface area contributed by atoms with Crippen molar-refractivity contribution in [2.45, 2.75) is 5.75 Å². The molecule has 2 rings (SSSR count). The summed E-state index contributed by atoms with van der Waals surface area (Å²) in [7, 11) is 0. The Hall–Kier alpha value is -0.870. The van der Waals surface area contributed by atoms with E-state index in [4.69, 9.17) is 34.8 Å². The Morgan fingerprint density at radius 3 is 2.38 bits per heavy atom. The third-order valence-electron chi connectivity index (χ3n) is 2.65. The number of benzene rings is 2. The number of hydrogen-bond donors (Lipinski definition) is 1. The number of thioether (sulfide) groups is 1. The van der Waals surface area contributed by atoms with Crippen LogP contribution in [0.3, 0.4) is 0 Å². The van der Waals surface area contributed by atoms with Gasteiger partial charge in [-0.3, -0.25) is 4.79 Å². The maximum atomic E-state index is 11.8. The van der Waals surface area contributed by atoms with Gasteiger partial charge in [0.05, 0.1) is 5.75 Å². The van der Waals surface area contributed by atoms with Crippen LogP contribution in [0.25, 0.3) is 0 Å². The zero-order valence-electron chi connectivity index (χ0n) is 10.9. The largest absolute Gasteiger partial charge is 0.325 e. The third kappa shape index (κ3) is 5.11. The lowest BCUT2D eigenvalue weighted by Crippen LogP contribution is -2.14. The zero-order valence-corrected chi connectivity index (χ0v) is 14.0. The predicted molar refractivity (Wildman–Crippen MR) is 92.7 cm³/mol. The van der Waals surface area contributed by atoms with Crippen LogP contribution >= 0.6 is 46.6 Å². The SMILES string of the molecule is O=C(CSCc1c(Cl)cccc1Cl)Nc1cccc(Cl)c1. The van der Waals surface area contributed by atoms with E-state index in [1.165, 1.54) is 11.8 Å². The van der Waals surface area contributed by atoms with Gasteiger partial charge in [0.2, 0.25) is 5.91 Å². The summed E-state index contributed by atoms with van der Waals surface area (Å²) in [4.78, 5) is 11.8. The van der Waals surface area contributed by atoms with Crippen molar-refractivity contribution in [3.63, 3.8) is 0 Å². The molecule has 2 aromatic carbocycles. The molecule has 2 aromatic rings. The molecular weight excluding hydrogens is 349 g/mol. The summed E-state index contributed by atoms with van der Waals surface area (Å²) in [6.07, 6.45) is 0. The van der Waals surface area contributed by atoms with Gasteiger partial charge in [-0.05, 0) is 35.9 Å². The minimum absolute atomic E-state index is 0.0922. The molecule has 0 atom stereocenters. The van der Waals surface area contributed by atoms with Gasteiger partial charge < -0.3 is 5.32 Å². The fraction of sp³-hybridized carbons (Fsp3) is 0.133. The summed E-state index contributed by atoms with van der Waals surface area (Å²) in [5.74, 6) is 0.806. The number of nitrogens with one attached hydrogen (secondary N) is 1. The standard InChI is InChI=1S/C15H12Cl3NOS/c16-10-3-1-4-11(7-10)19-15(20)9-21-8-12-13(17)5-2-6-14(12)18/h1-7H,8-9H2,(H,19,20). The van der Waals surface area contributed by atoms with Gasteiger partial charge >= 0.3 is 0 Å². The molecule has 0 radical (unpaired) electrons. The molecule has 0 aliphatic heterocycles. The van der Waals surface area contributed by atoms with Crippen LogP contribution in [-0.2, 0) is 10.5 Å². The molecule has 1 amide bonds. The summed E-state index contributed by atoms with van der Waals surface area (Å²) in [5, 5.41) is 4.61. The van der Waals surface area contributed by atoms with Crippen LogP contribution < -0.4 is 5.32 Å². The third-order valence-corrected chi connectivity index (χ3v) is 4.55. The summed E-state index contributed by atoms with van der Waals surface area (Å²) >= 11 is 19.5. The molecule has 0 saturated heterocycles. The molecule has 0 fully saturated rings. The van der Waals surface area contributed by atoms with E-state index >= 15 is 0 Å². The fourth-order valence-corrected chi connectivity index (χ4v) is 3.43. The average Bonchev–Trinajstić information content (AvgIpc) is 2.42. The monoisotopic (exact) mass is 359 g/mol. The van der Waals surface area contributed by atoms with E-state index in [0.717, 1.165) is 5.56 Å². The molecule has 2 nitrogen and oxygen atoms in total. The highest BCUT2D eigenvalue weighted by molar-refractivity contribution is 7.99. The molecule has 0 bridgehead atoms. The zero-order chi connectivity index (χ0) is 15.2. The van der Waals surface area contributed by atoms with Crippen molar-refractivity contribution >= 4 is 58.2 Å². The Balaban J connectivity index is 1.85. The lowest BCUT2D eigenvalue weighted by Gasteiger charge is -2.07. The molecule has 0 saturated carbocycles. The predicted octanol–water partition coefficient (Wildman–Crippen LogP) is 5.52. The van der Waals surface area contributed by atoms with Crippen molar-refractivity contribution in [2.75, 3.05) is 11.1 Å². The Morgan fingerprint density at radius 2 is 1.71 bits per heavy atom. The summed E-state index contributed by atoms with van der Waals surface area (Å²) in [5.41, 5.74) is 1.53. The number of rotatable bonds is 5. The lowest BCUT2D eigenvalue weighted by molar-refractivity contribution is -0.113. The first-order valence-electron chi connectivity index (χ1n) is 6.12. The van der Waals surface area contributed by atoms with Crippen molar-refractivity contribution in [1.29, 1.82) is 0 Å². The molecule has 0 aliphatic carbocycles. The van der Waals surface area contributed by atoms with Crippen LogP contribution in [0.15, 0.2) is 42.5 Å². The molecule has 0 spiro atoms. The number of halogens is 3. The molecule has 0 heterocycles. The Morgan fingerprint density at radius 1 is 1.05 bits per heavy atom. The van der Waals surface area contributed by atoms with Crippen molar-refractivity contribution in [3.8, 4) is 0 Å².